The molecule has 120 valence electrons. The zero-order valence-corrected chi connectivity index (χ0v) is 14.9. The molecule has 1 aromatic heterocycles. The molecule has 0 spiro atoms. The summed E-state index contributed by atoms with van der Waals surface area (Å²) >= 11 is 1.52. The number of thiophene rings is 1. The Bertz CT molecular complexity index is 845. The molecule has 0 aliphatic rings. The Kier molecular flexibility index (Phi) is 4.69. The summed E-state index contributed by atoms with van der Waals surface area (Å²) in [6.07, 6.45) is 0. The lowest BCUT2D eigenvalue weighted by Crippen LogP contribution is -2.41. The van der Waals surface area contributed by atoms with Crippen molar-refractivity contribution in [2.24, 2.45) is 0 Å². The molecule has 5 heteroatoms. The number of nitriles is 1. The molecule has 0 aliphatic carbocycles. The van der Waals surface area contributed by atoms with Crippen molar-refractivity contribution >= 4 is 29.2 Å². The van der Waals surface area contributed by atoms with E-state index in [0.717, 1.165) is 5.56 Å². The van der Waals surface area contributed by atoms with Gasteiger partial charge in [0.15, 0.2) is 0 Å². The number of nitrogens with one attached hydrogen (secondary N) is 1. The molecule has 24 heavy (non-hydrogen) atoms. The highest BCUT2D eigenvalue weighted by molar-refractivity contribution is 7.77. The van der Waals surface area contributed by atoms with Crippen LogP contribution in [0.2, 0.25) is 0 Å². The molecule has 0 saturated heterocycles. The molecule has 0 radical (unpaired) electrons. The van der Waals surface area contributed by atoms with Gasteiger partial charge in [-0.25, -0.2) is 5.09 Å². The average Bonchev–Trinajstić information content (AvgIpc) is 3.18. The van der Waals surface area contributed by atoms with Crippen molar-refractivity contribution in [3.8, 4) is 6.07 Å². The van der Waals surface area contributed by atoms with Gasteiger partial charge in [0.1, 0.15) is 5.54 Å². The molecular formula is C19H17N2OPS. The summed E-state index contributed by atoms with van der Waals surface area (Å²) in [6.45, 7) is 1.77. The minimum atomic E-state index is -3.17. The summed E-state index contributed by atoms with van der Waals surface area (Å²) in [5.41, 5.74) is -0.219. The van der Waals surface area contributed by atoms with Crippen LogP contribution in [0.25, 0.3) is 0 Å². The zero-order valence-electron chi connectivity index (χ0n) is 13.2. The molecule has 2 aromatic carbocycles. The molecule has 0 unspecified atom stereocenters. The number of hydrogen-bond donors (Lipinski definition) is 1. The van der Waals surface area contributed by atoms with Gasteiger partial charge in [0.25, 0.3) is 0 Å². The van der Waals surface area contributed by atoms with E-state index in [4.69, 9.17) is 0 Å². The van der Waals surface area contributed by atoms with Gasteiger partial charge in [0, 0.05) is 10.6 Å². The van der Waals surface area contributed by atoms with Crippen LogP contribution in [0.1, 0.15) is 12.5 Å². The Hall–Kier alpha value is -2.18. The average molecular weight is 352 g/mol. The third-order valence-electron chi connectivity index (χ3n) is 3.94. The summed E-state index contributed by atoms with van der Waals surface area (Å²) in [4.78, 5) is 0. The third-order valence-corrected chi connectivity index (χ3v) is 7.44. The fourth-order valence-corrected chi connectivity index (χ4v) is 5.89. The van der Waals surface area contributed by atoms with Gasteiger partial charge >= 0.3 is 0 Å². The maximum atomic E-state index is 14.0. The van der Waals surface area contributed by atoms with Crippen LogP contribution in [0.4, 0.5) is 0 Å². The second kappa shape index (κ2) is 6.75. The van der Waals surface area contributed by atoms with Crippen LogP contribution in [0, 0.1) is 11.3 Å². The number of rotatable bonds is 5. The quantitative estimate of drug-likeness (QED) is 0.706. The predicted molar refractivity (Wildman–Crippen MR) is 100 cm³/mol. The summed E-state index contributed by atoms with van der Waals surface area (Å²) < 4.78 is 14.0. The van der Waals surface area contributed by atoms with Gasteiger partial charge in [-0.2, -0.15) is 16.6 Å². The molecule has 3 nitrogen and oxygen atoms in total. The van der Waals surface area contributed by atoms with E-state index in [1.807, 2.05) is 77.5 Å². The number of hydrogen-bond acceptors (Lipinski definition) is 3. The summed E-state index contributed by atoms with van der Waals surface area (Å²) in [5.74, 6) is 0. The zero-order chi connectivity index (χ0) is 17.0. The Morgan fingerprint density at radius 3 is 1.96 bits per heavy atom. The second-order valence-electron chi connectivity index (χ2n) is 5.64. The molecule has 0 fully saturated rings. The van der Waals surface area contributed by atoms with Crippen LogP contribution >= 0.6 is 18.6 Å². The van der Waals surface area contributed by atoms with Crippen LogP contribution in [-0.4, -0.2) is 0 Å². The summed E-state index contributed by atoms with van der Waals surface area (Å²) in [5, 5.41) is 18.2. The molecule has 0 saturated carbocycles. The molecule has 0 amide bonds. The first-order valence-corrected chi connectivity index (χ1v) is 10.2. The van der Waals surface area contributed by atoms with Crippen molar-refractivity contribution in [2.45, 2.75) is 12.5 Å². The minimum Gasteiger partial charge on any atom is -0.296 e. The van der Waals surface area contributed by atoms with E-state index < -0.39 is 12.8 Å². The Labute approximate surface area is 146 Å². The Morgan fingerprint density at radius 2 is 1.54 bits per heavy atom. The maximum Gasteiger partial charge on any atom is 0.206 e. The van der Waals surface area contributed by atoms with Crippen LogP contribution in [0.3, 0.4) is 0 Å². The summed E-state index contributed by atoms with van der Waals surface area (Å²) in [7, 11) is -3.17. The van der Waals surface area contributed by atoms with Gasteiger partial charge in [-0.3, -0.25) is 4.57 Å². The highest BCUT2D eigenvalue weighted by Gasteiger charge is 2.37. The van der Waals surface area contributed by atoms with E-state index in [1.54, 1.807) is 6.92 Å². The van der Waals surface area contributed by atoms with Crippen molar-refractivity contribution in [1.29, 1.82) is 5.26 Å². The van der Waals surface area contributed by atoms with Crippen molar-refractivity contribution in [2.75, 3.05) is 0 Å². The first-order valence-electron chi connectivity index (χ1n) is 7.53. The van der Waals surface area contributed by atoms with Crippen molar-refractivity contribution < 1.29 is 4.57 Å². The van der Waals surface area contributed by atoms with Gasteiger partial charge in [-0.05, 0) is 53.6 Å². The molecule has 1 atom stereocenters. The van der Waals surface area contributed by atoms with E-state index in [-0.39, 0.29) is 0 Å². The van der Waals surface area contributed by atoms with Crippen LogP contribution in [0.15, 0.2) is 77.5 Å². The van der Waals surface area contributed by atoms with Crippen molar-refractivity contribution in [3.63, 3.8) is 0 Å². The highest BCUT2D eigenvalue weighted by atomic mass is 32.1. The van der Waals surface area contributed by atoms with Gasteiger partial charge in [0.2, 0.25) is 7.29 Å². The number of nitrogens with zero attached hydrogens (tertiary/aromatic N) is 1. The predicted octanol–water partition coefficient (Wildman–Crippen LogP) is 4.01. The van der Waals surface area contributed by atoms with Crippen molar-refractivity contribution in [1.82, 2.24) is 5.09 Å². The molecular weight excluding hydrogens is 335 g/mol. The lowest BCUT2D eigenvalue weighted by molar-refractivity contribution is 0.533. The molecule has 3 rings (SSSR count). The van der Waals surface area contributed by atoms with Gasteiger partial charge in [0.05, 0.1) is 6.07 Å². The topological polar surface area (TPSA) is 52.9 Å². The molecule has 1 heterocycles. The van der Waals surface area contributed by atoms with E-state index in [0.29, 0.717) is 10.6 Å². The summed E-state index contributed by atoms with van der Waals surface area (Å²) in [6, 6.07) is 22.8. The Morgan fingerprint density at radius 1 is 1.00 bits per heavy atom. The van der Waals surface area contributed by atoms with Gasteiger partial charge in [-0.15, -0.1) is 0 Å². The van der Waals surface area contributed by atoms with Crippen molar-refractivity contribution in [3.05, 3.63) is 83.1 Å². The van der Waals surface area contributed by atoms with E-state index in [2.05, 4.69) is 11.2 Å². The smallest absolute Gasteiger partial charge is 0.206 e. The standard InChI is InChI=1S/C19H17N2OPS/c1-19(15-20,16-12-13-24-14-16)21-23(22,17-8-4-2-5-9-17)18-10-6-3-7-11-18/h2-14H,1H3,(H,21,22)/t19-/m0/s1. The fourth-order valence-electron chi connectivity index (χ4n) is 2.57. The SMILES string of the molecule is C[C@@](C#N)(NP(=O)(c1ccccc1)c1ccccc1)c1ccsc1. The molecule has 1 N–H and O–H groups in total. The first-order chi connectivity index (χ1) is 11.6. The van der Waals surface area contributed by atoms with Gasteiger partial charge in [-0.1, -0.05) is 36.4 Å². The van der Waals surface area contributed by atoms with Crippen LogP contribution < -0.4 is 15.7 Å². The van der Waals surface area contributed by atoms with Gasteiger partial charge < -0.3 is 0 Å². The third kappa shape index (κ3) is 3.07. The highest BCUT2D eigenvalue weighted by Crippen LogP contribution is 2.43. The lowest BCUT2D eigenvalue weighted by Gasteiger charge is -2.30. The van der Waals surface area contributed by atoms with Crippen LogP contribution in [0.5, 0.6) is 0 Å². The number of benzene rings is 2. The first kappa shape index (κ1) is 16.7. The largest absolute Gasteiger partial charge is 0.296 e. The normalized spacial score (nSPS) is 13.8. The Balaban J connectivity index is 2.14. The van der Waals surface area contributed by atoms with E-state index >= 15 is 0 Å². The maximum absolute atomic E-state index is 14.0. The monoisotopic (exact) mass is 352 g/mol. The lowest BCUT2D eigenvalue weighted by atomic mass is 9.99. The minimum absolute atomic E-state index is 0.688. The molecule has 0 aliphatic heterocycles. The second-order valence-corrected chi connectivity index (χ2v) is 8.90. The molecule has 0 bridgehead atoms. The van der Waals surface area contributed by atoms with E-state index in [1.165, 1.54) is 11.3 Å². The molecule has 3 aromatic rings. The van der Waals surface area contributed by atoms with E-state index in [9.17, 15) is 9.83 Å². The van der Waals surface area contributed by atoms with Crippen LogP contribution in [-0.2, 0) is 10.1 Å². The fraction of sp³-hybridized carbons (Fsp3) is 0.105.